The third-order valence-electron chi connectivity index (χ3n) is 6.62. The van der Waals surface area contributed by atoms with Gasteiger partial charge in [0.05, 0.1) is 25.4 Å². The number of nitrogens with one attached hydrogen (secondary N) is 3. The van der Waals surface area contributed by atoms with Crippen LogP contribution < -0.4 is 16.0 Å². The summed E-state index contributed by atoms with van der Waals surface area (Å²) in [6.45, 7) is 7.44. The molecule has 0 bridgehead atoms. The van der Waals surface area contributed by atoms with E-state index in [1.165, 1.54) is 20.8 Å². The van der Waals surface area contributed by atoms with Crippen LogP contribution in [0.2, 0.25) is 0 Å². The fourth-order valence-corrected chi connectivity index (χ4v) is 4.23. The molecule has 1 aromatic carbocycles. The second-order valence-corrected chi connectivity index (χ2v) is 11.6. The molecule has 0 spiro atoms. The number of benzene rings is 1. The monoisotopic (exact) mass is 669 g/mol. The molecule has 0 radical (unpaired) electrons. The molecular formula is C30H43N3O12S. The van der Waals surface area contributed by atoms with Crippen molar-refractivity contribution in [3.05, 3.63) is 35.9 Å². The maximum Gasteiger partial charge on any atom is 0.333 e. The maximum absolute atomic E-state index is 13.5. The number of aliphatic hydroxyl groups is 1. The zero-order chi connectivity index (χ0) is 35.1. The summed E-state index contributed by atoms with van der Waals surface area (Å²) >= 11 is 3.90. The molecule has 15 nitrogen and oxygen atoms in total. The zero-order valence-electron chi connectivity index (χ0n) is 26.3. The summed E-state index contributed by atoms with van der Waals surface area (Å²) in [5.74, 6) is -9.03. The molecule has 46 heavy (non-hydrogen) atoms. The lowest BCUT2D eigenvalue weighted by Crippen LogP contribution is -2.60. The SMILES string of the molecule is CC(C)[C@H](OC(=O)[C@H](NC(=O)Cc1ccccc1)[C@H](C)OC(=O)CCC(=O)O)C(=O)N[C@H](C(=O)N[C@H](CS)C(=O)O)[C@@H](O)C(C)C. The van der Waals surface area contributed by atoms with E-state index in [0.717, 1.165) is 0 Å². The lowest BCUT2D eigenvalue weighted by Gasteiger charge is -2.30. The number of carbonyl (C=O) groups excluding carboxylic acids is 5. The van der Waals surface area contributed by atoms with Gasteiger partial charge in [-0.1, -0.05) is 58.0 Å². The van der Waals surface area contributed by atoms with Crippen LogP contribution in [0.4, 0.5) is 0 Å². The highest BCUT2D eigenvalue weighted by atomic mass is 32.1. The van der Waals surface area contributed by atoms with Crippen LogP contribution in [0.1, 0.15) is 53.0 Å². The normalized spacial score (nSPS) is 15.0. The Morgan fingerprint density at radius 3 is 1.89 bits per heavy atom. The van der Waals surface area contributed by atoms with Crippen molar-refractivity contribution in [2.24, 2.45) is 11.8 Å². The molecule has 0 saturated heterocycles. The lowest BCUT2D eigenvalue weighted by molar-refractivity contribution is -0.168. The van der Waals surface area contributed by atoms with E-state index < -0.39 is 103 Å². The minimum atomic E-state index is -1.65. The number of esters is 2. The van der Waals surface area contributed by atoms with Gasteiger partial charge in [-0.2, -0.15) is 12.6 Å². The van der Waals surface area contributed by atoms with E-state index in [0.29, 0.717) is 5.56 Å². The predicted molar refractivity (Wildman–Crippen MR) is 165 cm³/mol. The summed E-state index contributed by atoms with van der Waals surface area (Å²) in [4.78, 5) is 87.2. The number of amides is 3. The summed E-state index contributed by atoms with van der Waals surface area (Å²) < 4.78 is 10.7. The lowest BCUT2D eigenvalue weighted by atomic mass is 9.97. The molecule has 0 heterocycles. The van der Waals surface area contributed by atoms with E-state index >= 15 is 0 Å². The Morgan fingerprint density at radius 1 is 0.783 bits per heavy atom. The van der Waals surface area contributed by atoms with Crippen LogP contribution in [-0.4, -0.2) is 99.1 Å². The average Bonchev–Trinajstić information content (AvgIpc) is 2.98. The standard InChI is InChI=1S/C30H43N3O12S/c1-15(2)25(38)24(27(39)31-19(14-46)29(41)42)33-28(40)26(16(3)4)45-30(43)23(17(5)44-22(37)12-11-21(35)36)32-20(34)13-18-9-7-6-8-10-18/h6-10,15-17,19,23-26,38,46H,11-14H2,1-5H3,(H,31,39)(H,32,34)(H,33,40)(H,35,36)(H,41,42)/t17-,19+,23+,24-,25-,26-/m0/s1. The van der Waals surface area contributed by atoms with Gasteiger partial charge in [-0.15, -0.1) is 0 Å². The summed E-state index contributed by atoms with van der Waals surface area (Å²) in [5.41, 5.74) is 0.605. The summed E-state index contributed by atoms with van der Waals surface area (Å²) in [6, 6.07) is 3.80. The number of hydrogen-bond donors (Lipinski definition) is 7. The van der Waals surface area contributed by atoms with Gasteiger partial charge in [-0.3, -0.25) is 24.0 Å². The van der Waals surface area contributed by atoms with Crippen molar-refractivity contribution in [1.82, 2.24) is 16.0 Å². The Balaban J connectivity index is 3.26. The number of aliphatic hydroxyl groups excluding tert-OH is 1. The largest absolute Gasteiger partial charge is 0.481 e. The first-order valence-electron chi connectivity index (χ1n) is 14.6. The molecule has 1 rings (SSSR count). The molecule has 0 unspecified atom stereocenters. The smallest absolute Gasteiger partial charge is 0.333 e. The average molecular weight is 670 g/mol. The van der Waals surface area contributed by atoms with E-state index in [4.69, 9.17) is 14.6 Å². The quantitative estimate of drug-likeness (QED) is 0.0766. The Hall–Kier alpha value is -4.18. The molecular weight excluding hydrogens is 626 g/mol. The predicted octanol–water partition coefficient (Wildman–Crippen LogP) is 0.0791. The van der Waals surface area contributed by atoms with Gasteiger partial charge >= 0.3 is 23.9 Å². The molecule has 0 saturated carbocycles. The Bertz CT molecular complexity index is 1230. The van der Waals surface area contributed by atoms with E-state index in [1.807, 2.05) is 0 Å². The first-order chi connectivity index (χ1) is 21.5. The molecule has 0 aliphatic rings. The number of carbonyl (C=O) groups is 7. The minimum absolute atomic E-state index is 0.161. The second-order valence-electron chi connectivity index (χ2n) is 11.2. The number of hydrogen-bond acceptors (Lipinski definition) is 11. The molecule has 0 fully saturated rings. The molecule has 3 amide bonds. The van der Waals surface area contributed by atoms with Crippen LogP contribution >= 0.6 is 12.6 Å². The molecule has 1 aromatic rings. The summed E-state index contributed by atoms with van der Waals surface area (Å²) in [6.07, 6.45) is -5.63. The Labute approximate surface area is 272 Å². The molecule has 0 aromatic heterocycles. The van der Waals surface area contributed by atoms with Gasteiger partial charge in [0.25, 0.3) is 5.91 Å². The molecule has 0 aliphatic carbocycles. The van der Waals surface area contributed by atoms with Crippen LogP contribution in [0.15, 0.2) is 30.3 Å². The third kappa shape index (κ3) is 13.4. The number of carboxylic acid groups (broad SMARTS) is 2. The van der Waals surface area contributed by atoms with Gasteiger partial charge in [-0.25, -0.2) is 9.59 Å². The maximum atomic E-state index is 13.5. The van der Waals surface area contributed by atoms with Crippen molar-refractivity contribution >= 4 is 54.2 Å². The van der Waals surface area contributed by atoms with E-state index in [9.17, 15) is 43.8 Å². The third-order valence-corrected chi connectivity index (χ3v) is 6.98. The first-order valence-corrected chi connectivity index (χ1v) is 15.2. The first kappa shape index (κ1) is 39.8. The van der Waals surface area contributed by atoms with Gasteiger partial charge in [-0.05, 0) is 24.3 Å². The van der Waals surface area contributed by atoms with Crippen molar-refractivity contribution in [3.63, 3.8) is 0 Å². The van der Waals surface area contributed by atoms with Crippen molar-refractivity contribution in [3.8, 4) is 0 Å². The highest BCUT2D eigenvalue weighted by molar-refractivity contribution is 7.80. The van der Waals surface area contributed by atoms with E-state index in [-0.39, 0.29) is 12.2 Å². The van der Waals surface area contributed by atoms with Crippen LogP contribution in [-0.2, 0) is 49.5 Å². The van der Waals surface area contributed by atoms with Gasteiger partial charge < -0.3 is 40.7 Å². The molecule has 0 aliphatic heterocycles. The zero-order valence-corrected chi connectivity index (χ0v) is 27.2. The van der Waals surface area contributed by atoms with Gasteiger partial charge in [0.1, 0.15) is 18.2 Å². The van der Waals surface area contributed by atoms with Gasteiger partial charge in [0.2, 0.25) is 11.8 Å². The van der Waals surface area contributed by atoms with Crippen LogP contribution in [0.3, 0.4) is 0 Å². The molecule has 6 atom stereocenters. The number of carboxylic acids is 2. The fourth-order valence-electron chi connectivity index (χ4n) is 3.98. The number of aliphatic carboxylic acids is 2. The Morgan fingerprint density at radius 2 is 1.39 bits per heavy atom. The molecule has 256 valence electrons. The molecule has 16 heteroatoms. The Kier molecular flexibility index (Phi) is 16.8. The van der Waals surface area contributed by atoms with E-state index in [1.54, 1.807) is 44.2 Å². The van der Waals surface area contributed by atoms with Gasteiger partial charge in [0.15, 0.2) is 12.1 Å². The summed E-state index contributed by atoms with van der Waals surface area (Å²) in [7, 11) is 0. The minimum Gasteiger partial charge on any atom is -0.481 e. The van der Waals surface area contributed by atoms with Crippen molar-refractivity contribution in [1.29, 1.82) is 0 Å². The topological polar surface area (TPSA) is 235 Å². The van der Waals surface area contributed by atoms with Crippen LogP contribution in [0.25, 0.3) is 0 Å². The number of rotatable bonds is 19. The van der Waals surface area contributed by atoms with Crippen LogP contribution in [0.5, 0.6) is 0 Å². The van der Waals surface area contributed by atoms with Crippen molar-refractivity contribution in [2.45, 2.75) is 90.3 Å². The highest BCUT2D eigenvalue weighted by Gasteiger charge is 2.39. The highest BCUT2D eigenvalue weighted by Crippen LogP contribution is 2.15. The van der Waals surface area contributed by atoms with Gasteiger partial charge in [0, 0.05) is 5.75 Å². The summed E-state index contributed by atoms with van der Waals surface area (Å²) in [5, 5.41) is 35.8. The van der Waals surface area contributed by atoms with Crippen LogP contribution in [0, 0.1) is 11.8 Å². The second kappa shape index (κ2) is 19.4. The van der Waals surface area contributed by atoms with Crippen molar-refractivity contribution < 1.29 is 58.4 Å². The number of thiol groups is 1. The van der Waals surface area contributed by atoms with E-state index in [2.05, 4.69) is 28.6 Å². The molecule has 6 N–H and O–H groups in total. The fraction of sp³-hybridized carbons (Fsp3) is 0.567. The number of ether oxygens (including phenoxy) is 2. The van der Waals surface area contributed by atoms with Crippen molar-refractivity contribution in [2.75, 3.05) is 5.75 Å².